The van der Waals surface area contributed by atoms with Crippen molar-refractivity contribution in [2.75, 3.05) is 5.32 Å². The summed E-state index contributed by atoms with van der Waals surface area (Å²) in [4.78, 5) is 22.2. The summed E-state index contributed by atoms with van der Waals surface area (Å²) in [6.45, 7) is 1.93. The fraction of sp³-hybridized carbons (Fsp3) is 0.300. The van der Waals surface area contributed by atoms with Gasteiger partial charge in [0.15, 0.2) is 0 Å². The molecule has 4 aromatic rings. The molecule has 142 valence electrons. The van der Waals surface area contributed by atoms with Crippen molar-refractivity contribution in [3.05, 3.63) is 51.0 Å². The van der Waals surface area contributed by atoms with Gasteiger partial charge in [-0.1, -0.05) is 12.8 Å². The van der Waals surface area contributed by atoms with Gasteiger partial charge in [-0.25, -0.2) is 4.98 Å². The summed E-state index contributed by atoms with van der Waals surface area (Å²) in [6, 6.07) is 6.09. The molecule has 0 amide bonds. The van der Waals surface area contributed by atoms with Gasteiger partial charge in [-0.3, -0.25) is 14.5 Å². The van der Waals surface area contributed by atoms with Gasteiger partial charge >= 0.3 is 0 Å². The number of aromatic nitrogens is 5. The van der Waals surface area contributed by atoms with Gasteiger partial charge in [-0.15, -0.1) is 0 Å². The lowest BCUT2D eigenvalue weighted by molar-refractivity contribution is 0.514. The Hall–Kier alpha value is -2.74. The molecule has 3 aromatic heterocycles. The number of anilines is 2. The molecule has 3 heterocycles. The van der Waals surface area contributed by atoms with E-state index < -0.39 is 0 Å². The summed E-state index contributed by atoms with van der Waals surface area (Å²) >= 11 is 3.48. The van der Waals surface area contributed by atoms with Crippen LogP contribution in [0.3, 0.4) is 0 Å². The minimum atomic E-state index is -0.0126. The van der Waals surface area contributed by atoms with E-state index in [1.807, 2.05) is 29.7 Å². The summed E-state index contributed by atoms with van der Waals surface area (Å²) in [5, 5.41) is 12.2. The summed E-state index contributed by atoms with van der Waals surface area (Å²) < 4.78 is 2.45. The number of nitrogens with one attached hydrogen (secondary N) is 2. The minimum absolute atomic E-state index is 0.0126. The number of halogens is 1. The molecule has 0 saturated heterocycles. The number of fused-ring (bicyclic) bond motifs is 2. The molecule has 5 rings (SSSR count). The van der Waals surface area contributed by atoms with Gasteiger partial charge < -0.3 is 5.32 Å². The van der Waals surface area contributed by atoms with Crippen molar-refractivity contribution in [1.29, 1.82) is 0 Å². The first-order chi connectivity index (χ1) is 13.6. The lowest BCUT2D eigenvalue weighted by Crippen LogP contribution is -2.26. The van der Waals surface area contributed by atoms with Crippen LogP contribution in [0.5, 0.6) is 0 Å². The Balaban J connectivity index is 1.63. The maximum absolute atomic E-state index is 13.0. The zero-order valence-electron chi connectivity index (χ0n) is 15.4. The van der Waals surface area contributed by atoms with Gasteiger partial charge in [0.25, 0.3) is 5.56 Å². The van der Waals surface area contributed by atoms with Crippen LogP contribution in [0.2, 0.25) is 0 Å². The fourth-order valence-electron chi connectivity index (χ4n) is 4.01. The third kappa shape index (κ3) is 2.79. The van der Waals surface area contributed by atoms with Crippen molar-refractivity contribution in [3.8, 4) is 0 Å². The van der Waals surface area contributed by atoms with Gasteiger partial charge in [-0.2, -0.15) is 10.1 Å². The van der Waals surface area contributed by atoms with Crippen LogP contribution in [0.15, 0.2) is 39.9 Å². The van der Waals surface area contributed by atoms with Crippen molar-refractivity contribution in [2.24, 2.45) is 0 Å². The van der Waals surface area contributed by atoms with Gasteiger partial charge in [-0.05, 0) is 59.5 Å². The molecule has 0 bridgehead atoms. The van der Waals surface area contributed by atoms with E-state index in [4.69, 9.17) is 4.98 Å². The molecular formula is C20H19BrN6O. The highest BCUT2D eigenvalue weighted by molar-refractivity contribution is 9.10. The molecule has 2 N–H and O–H groups in total. The first-order valence-electron chi connectivity index (χ1n) is 9.39. The van der Waals surface area contributed by atoms with Crippen molar-refractivity contribution in [1.82, 2.24) is 24.7 Å². The minimum Gasteiger partial charge on any atom is -0.324 e. The quantitative estimate of drug-likeness (QED) is 0.487. The first kappa shape index (κ1) is 17.4. The molecule has 1 saturated carbocycles. The third-order valence-electron chi connectivity index (χ3n) is 5.52. The molecule has 1 aliphatic rings. The lowest BCUT2D eigenvalue weighted by Gasteiger charge is -2.18. The van der Waals surface area contributed by atoms with Crippen molar-refractivity contribution < 1.29 is 0 Å². The topological polar surface area (TPSA) is 88.5 Å². The van der Waals surface area contributed by atoms with Crippen LogP contribution in [-0.4, -0.2) is 24.7 Å². The largest absolute Gasteiger partial charge is 0.324 e. The first-order valence-corrected chi connectivity index (χ1v) is 10.2. The maximum Gasteiger partial charge on any atom is 0.267 e. The average molecular weight is 439 g/mol. The Bertz CT molecular complexity index is 1260. The molecule has 0 unspecified atom stereocenters. The van der Waals surface area contributed by atoms with Gasteiger partial charge in [0.1, 0.15) is 5.65 Å². The molecule has 8 heteroatoms. The molecule has 28 heavy (non-hydrogen) atoms. The lowest BCUT2D eigenvalue weighted by atomic mass is 10.1. The fourth-order valence-corrected chi connectivity index (χ4v) is 4.42. The standard InChI is InChI=1S/C20H19BrN6O/c1-11-15-10-22-20(24-13-6-7-16-12(8-13)9-23-26-16)25-18(15)27(19(28)17(11)21)14-4-2-3-5-14/h6-10,14H,2-5H2,1H3,(H,23,26)(H,22,24,25). The third-order valence-corrected chi connectivity index (χ3v) is 6.46. The number of benzene rings is 1. The van der Waals surface area contributed by atoms with E-state index >= 15 is 0 Å². The number of H-pyrrole nitrogens is 1. The molecule has 7 nitrogen and oxygen atoms in total. The Morgan fingerprint density at radius 2 is 2.07 bits per heavy atom. The van der Waals surface area contributed by atoms with Crippen LogP contribution >= 0.6 is 15.9 Å². The molecule has 0 atom stereocenters. The highest BCUT2D eigenvalue weighted by Gasteiger charge is 2.23. The molecule has 1 aliphatic carbocycles. The molecule has 0 spiro atoms. The number of hydrogen-bond donors (Lipinski definition) is 2. The zero-order chi connectivity index (χ0) is 19.3. The molecule has 0 radical (unpaired) electrons. The number of rotatable bonds is 3. The Labute approximate surface area is 169 Å². The second-order valence-electron chi connectivity index (χ2n) is 7.28. The van der Waals surface area contributed by atoms with Gasteiger partial charge in [0, 0.05) is 28.7 Å². The predicted octanol–water partition coefficient (Wildman–Crippen LogP) is 4.60. The van der Waals surface area contributed by atoms with Crippen LogP contribution in [0, 0.1) is 6.92 Å². The van der Waals surface area contributed by atoms with E-state index in [9.17, 15) is 4.79 Å². The van der Waals surface area contributed by atoms with E-state index in [0.717, 1.165) is 53.2 Å². The van der Waals surface area contributed by atoms with Crippen LogP contribution in [-0.2, 0) is 0 Å². The van der Waals surface area contributed by atoms with Crippen LogP contribution in [0.25, 0.3) is 21.9 Å². The van der Waals surface area contributed by atoms with Crippen LogP contribution in [0.4, 0.5) is 11.6 Å². The Morgan fingerprint density at radius 1 is 1.25 bits per heavy atom. The molecule has 0 aliphatic heterocycles. The van der Waals surface area contributed by atoms with Gasteiger partial charge in [0.2, 0.25) is 5.95 Å². The SMILES string of the molecule is Cc1c(Br)c(=O)n(C2CCCC2)c2nc(Nc3ccc4[nH]ncc4c3)ncc12. The summed E-state index contributed by atoms with van der Waals surface area (Å²) in [7, 11) is 0. The van der Waals surface area contributed by atoms with E-state index in [-0.39, 0.29) is 11.6 Å². The summed E-state index contributed by atoms with van der Waals surface area (Å²) in [6.07, 6.45) is 7.88. The molecular weight excluding hydrogens is 420 g/mol. The summed E-state index contributed by atoms with van der Waals surface area (Å²) in [5.74, 6) is 0.475. The van der Waals surface area contributed by atoms with Crippen molar-refractivity contribution in [3.63, 3.8) is 0 Å². The maximum atomic E-state index is 13.0. The smallest absolute Gasteiger partial charge is 0.267 e. The number of hydrogen-bond acceptors (Lipinski definition) is 5. The number of nitrogens with zero attached hydrogens (tertiary/aromatic N) is 4. The number of aryl methyl sites for hydroxylation is 1. The van der Waals surface area contributed by atoms with Crippen molar-refractivity contribution >= 4 is 49.5 Å². The second-order valence-corrected chi connectivity index (χ2v) is 8.07. The van der Waals surface area contributed by atoms with E-state index in [2.05, 4.69) is 36.4 Å². The molecule has 1 fully saturated rings. The van der Waals surface area contributed by atoms with Crippen LogP contribution in [0.1, 0.15) is 37.3 Å². The Morgan fingerprint density at radius 3 is 2.89 bits per heavy atom. The van der Waals surface area contributed by atoms with Crippen molar-refractivity contribution in [2.45, 2.75) is 38.6 Å². The van der Waals surface area contributed by atoms with E-state index in [0.29, 0.717) is 16.1 Å². The second kappa shape index (κ2) is 6.70. The average Bonchev–Trinajstić information content (AvgIpc) is 3.38. The van der Waals surface area contributed by atoms with Gasteiger partial charge in [0.05, 0.1) is 16.2 Å². The highest BCUT2D eigenvalue weighted by atomic mass is 79.9. The Kier molecular flexibility index (Phi) is 4.16. The monoisotopic (exact) mass is 438 g/mol. The zero-order valence-corrected chi connectivity index (χ0v) is 17.0. The molecule has 1 aromatic carbocycles. The van der Waals surface area contributed by atoms with E-state index in [1.165, 1.54) is 0 Å². The predicted molar refractivity (Wildman–Crippen MR) is 113 cm³/mol. The number of aromatic amines is 1. The summed E-state index contributed by atoms with van der Waals surface area (Å²) in [5.41, 5.74) is 3.40. The highest BCUT2D eigenvalue weighted by Crippen LogP contribution is 2.32. The van der Waals surface area contributed by atoms with E-state index in [1.54, 1.807) is 12.4 Å². The normalized spacial score (nSPS) is 14.9. The van der Waals surface area contributed by atoms with Crippen LogP contribution < -0.4 is 10.9 Å². The number of pyridine rings is 1.